The number of rotatable bonds is 7. The third-order valence-electron chi connectivity index (χ3n) is 4.63. The molecule has 0 aliphatic carbocycles. The van der Waals surface area contributed by atoms with Crippen LogP contribution in [0.4, 0.5) is 5.69 Å². The Labute approximate surface area is 183 Å². The van der Waals surface area contributed by atoms with Gasteiger partial charge in [-0.3, -0.25) is 9.59 Å². The highest BCUT2D eigenvalue weighted by atomic mass is 32.1. The summed E-state index contributed by atoms with van der Waals surface area (Å²) in [6.07, 6.45) is 0.384. The van der Waals surface area contributed by atoms with E-state index in [-0.39, 0.29) is 24.5 Å². The number of ketones is 1. The number of hydrogen-bond donors (Lipinski definition) is 1. The predicted octanol–water partition coefficient (Wildman–Crippen LogP) is 6.45. The molecule has 4 nitrogen and oxygen atoms in total. The largest absolute Gasteiger partial charge is 0.326 e. The van der Waals surface area contributed by atoms with E-state index in [0.717, 1.165) is 26.7 Å². The second kappa shape index (κ2) is 9.15. The molecule has 0 saturated heterocycles. The van der Waals surface area contributed by atoms with Crippen molar-refractivity contribution in [1.29, 1.82) is 0 Å². The second-order valence-electron chi connectivity index (χ2n) is 6.82. The van der Waals surface area contributed by atoms with E-state index in [0.29, 0.717) is 10.6 Å². The smallest absolute Gasteiger partial charge is 0.224 e. The number of Topliss-reactive ketones (excluding diaryl/α,β-unsaturated/α-hetero) is 1. The summed E-state index contributed by atoms with van der Waals surface area (Å²) in [6, 6.07) is 21.4. The lowest BCUT2D eigenvalue weighted by atomic mass is 10.1. The van der Waals surface area contributed by atoms with Gasteiger partial charge >= 0.3 is 0 Å². The van der Waals surface area contributed by atoms with Crippen LogP contribution in [0.25, 0.3) is 21.8 Å². The van der Waals surface area contributed by atoms with Crippen molar-refractivity contribution in [3.05, 3.63) is 81.9 Å². The lowest BCUT2D eigenvalue weighted by molar-refractivity contribution is -0.116. The first-order chi connectivity index (χ1) is 14.6. The zero-order chi connectivity index (χ0) is 20.9. The van der Waals surface area contributed by atoms with Crippen LogP contribution in [0.5, 0.6) is 0 Å². The quantitative estimate of drug-likeness (QED) is 0.341. The summed E-state index contributed by atoms with van der Waals surface area (Å²) >= 11 is 3.07. The molecule has 4 rings (SSSR count). The van der Waals surface area contributed by atoms with Crippen molar-refractivity contribution >= 4 is 40.1 Å². The molecule has 0 saturated carbocycles. The number of carbonyl (C=O) groups excluding carboxylic acids is 2. The van der Waals surface area contributed by atoms with Gasteiger partial charge in [0.2, 0.25) is 5.91 Å². The number of thiophene rings is 1. The molecule has 30 heavy (non-hydrogen) atoms. The van der Waals surface area contributed by atoms with E-state index in [4.69, 9.17) is 4.98 Å². The van der Waals surface area contributed by atoms with Crippen LogP contribution < -0.4 is 5.32 Å². The van der Waals surface area contributed by atoms with E-state index >= 15 is 0 Å². The number of carbonyl (C=O) groups is 2. The number of thiazole rings is 1. The minimum absolute atomic E-state index is 0.00345. The normalized spacial score (nSPS) is 10.7. The molecule has 0 unspecified atom stereocenters. The highest BCUT2D eigenvalue weighted by Gasteiger charge is 2.13. The van der Waals surface area contributed by atoms with Crippen molar-refractivity contribution in [2.45, 2.75) is 19.8 Å². The third kappa shape index (κ3) is 4.72. The zero-order valence-electron chi connectivity index (χ0n) is 16.4. The van der Waals surface area contributed by atoms with Crippen LogP contribution in [-0.2, 0) is 4.79 Å². The van der Waals surface area contributed by atoms with E-state index < -0.39 is 0 Å². The molecule has 2 aromatic carbocycles. The molecule has 0 aliphatic heterocycles. The summed E-state index contributed by atoms with van der Waals surface area (Å²) < 4.78 is 0. The molecule has 0 atom stereocenters. The first kappa shape index (κ1) is 20.2. The van der Waals surface area contributed by atoms with Gasteiger partial charge in [0.1, 0.15) is 5.01 Å². The molecule has 4 aromatic rings. The standard InChI is InChI=1S/C24H20N2O2S2/c1-16-23(26-24(30-16)18-6-3-2-4-7-18)17-9-11-19(12-10-17)25-22(28)14-13-20(27)21-8-5-15-29-21/h2-12,15H,13-14H2,1H3,(H,25,28). The van der Waals surface area contributed by atoms with Crippen molar-refractivity contribution in [2.24, 2.45) is 0 Å². The van der Waals surface area contributed by atoms with E-state index in [2.05, 4.69) is 24.4 Å². The number of aromatic nitrogens is 1. The molecule has 0 fully saturated rings. The Morgan fingerprint density at radius 2 is 1.67 bits per heavy atom. The molecule has 1 amide bonds. The Morgan fingerprint density at radius 1 is 0.900 bits per heavy atom. The van der Waals surface area contributed by atoms with Gasteiger partial charge in [-0.1, -0.05) is 48.5 Å². The van der Waals surface area contributed by atoms with E-state index in [1.54, 1.807) is 17.4 Å². The minimum Gasteiger partial charge on any atom is -0.326 e. The van der Waals surface area contributed by atoms with Gasteiger partial charge in [-0.2, -0.15) is 0 Å². The maximum absolute atomic E-state index is 12.2. The van der Waals surface area contributed by atoms with Gasteiger partial charge in [0.15, 0.2) is 5.78 Å². The summed E-state index contributed by atoms with van der Waals surface area (Å²) in [6.45, 7) is 2.07. The topological polar surface area (TPSA) is 59.1 Å². The predicted molar refractivity (Wildman–Crippen MR) is 124 cm³/mol. The van der Waals surface area contributed by atoms with Crippen molar-refractivity contribution in [3.63, 3.8) is 0 Å². The van der Waals surface area contributed by atoms with Gasteiger partial charge < -0.3 is 5.32 Å². The number of nitrogens with one attached hydrogen (secondary N) is 1. The van der Waals surface area contributed by atoms with Crippen molar-refractivity contribution < 1.29 is 9.59 Å². The fraction of sp³-hybridized carbons (Fsp3) is 0.125. The summed E-state index contributed by atoms with van der Waals surface area (Å²) in [4.78, 5) is 30.9. The maximum atomic E-state index is 12.2. The summed E-state index contributed by atoms with van der Waals surface area (Å²) in [5.74, 6) is -0.160. The molecule has 0 bridgehead atoms. The molecule has 150 valence electrons. The first-order valence-corrected chi connectivity index (χ1v) is 11.3. The molecule has 2 aromatic heterocycles. The highest BCUT2D eigenvalue weighted by molar-refractivity contribution is 7.15. The number of aryl methyl sites for hydroxylation is 1. The van der Waals surface area contributed by atoms with Gasteiger partial charge in [-0.15, -0.1) is 22.7 Å². The third-order valence-corrected chi connectivity index (χ3v) is 6.57. The van der Waals surface area contributed by atoms with Crippen LogP contribution in [0.1, 0.15) is 27.4 Å². The molecule has 0 spiro atoms. The Balaban J connectivity index is 1.39. The van der Waals surface area contributed by atoms with E-state index in [9.17, 15) is 9.59 Å². The Morgan fingerprint density at radius 3 is 2.37 bits per heavy atom. The average molecular weight is 433 g/mol. The summed E-state index contributed by atoms with van der Waals surface area (Å²) in [5, 5.41) is 5.72. The monoisotopic (exact) mass is 432 g/mol. The number of nitrogens with zero attached hydrogens (tertiary/aromatic N) is 1. The lowest BCUT2D eigenvalue weighted by Gasteiger charge is -2.06. The maximum Gasteiger partial charge on any atom is 0.224 e. The average Bonchev–Trinajstić information content (AvgIpc) is 3.43. The molecule has 2 heterocycles. The van der Waals surface area contributed by atoms with Crippen LogP contribution in [0.3, 0.4) is 0 Å². The summed E-state index contributed by atoms with van der Waals surface area (Å²) in [7, 11) is 0. The fourth-order valence-electron chi connectivity index (χ4n) is 3.09. The number of benzene rings is 2. The van der Waals surface area contributed by atoms with Gasteiger partial charge in [0.25, 0.3) is 0 Å². The first-order valence-electron chi connectivity index (χ1n) is 9.60. The number of hydrogen-bond acceptors (Lipinski definition) is 5. The molecular weight excluding hydrogens is 412 g/mol. The van der Waals surface area contributed by atoms with Crippen molar-refractivity contribution in [2.75, 3.05) is 5.32 Å². The Kier molecular flexibility index (Phi) is 6.16. The van der Waals surface area contributed by atoms with Crippen LogP contribution in [0.2, 0.25) is 0 Å². The number of amides is 1. The van der Waals surface area contributed by atoms with Crippen molar-refractivity contribution in [3.8, 4) is 21.8 Å². The minimum atomic E-state index is -0.163. The van der Waals surface area contributed by atoms with Crippen LogP contribution in [0, 0.1) is 6.92 Å². The summed E-state index contributed by atoms with van der Waals surface area (Å²) in [5.41, 5.74) is 3.79. The van der Waals surface area contributed by atoms with Crippen molar-refractivity contribution in [1.82, 2.24) is 4.98 Å². The second-order valence-corrected chi connectivity index (χ2v) is 8.97. The molecular formula is C24H20N2O2S2. The Hall–Kier alpha value is -3.09. The highest BCUT2D eigenvalue weighted by Crippen LogP contribution is 2.33. The fourth-order valence-corrected chi connectivity index (χ4v) is 4.73. The SMILES string of the molecule is Cc1sc(-c2ccccc2)nc1-c1ccc(NC(=O)CCC(=O)c2cccs2)cc1. The van der Waals surface area contributed by atoms with Gasteiger partial charge in [0, 0.05) is 34.5 Å². The van der Waals surface area contributed by atoms with Crippen LogP contribution >= 0.6 is 22.7 Å². The molecule has 0 aliphatic rings. The molecule has 6 heteroatoms. The van der Waals surface area contributed by atoms with Gasteiger partial charge in [0.05, 0.1) is 10.6 Å². The van der Waals surface area contributed by atoms with Gasteiger partial charge in [-0.25, -0.2) is 4.98 Å². The lowest BCUT2D eigenvalue weighted by Crippen LogP contribution is -2.13. The van der Waals surface area contributed by atoms with E-state index in [1.165, 1.54) is 11.3 Å². The van der Waals surface area contributed by atoms with Crippen LogP contribution in [-0.4, -0.2) is 16.7 Å². The molecule has 0 radical (unpaired) electrons. The molecule has 1 N–H and O–H groups in total. The van der Waals surface area contributed by atoms with E-state index in [1.807, 2.05) is 53.9 Å². The Bertz CT molecular complexity index is 1150. The number of anilines is 1. The van der Waals surface area contributed by atoms with Crippen LogP contribution in [0.15, 0.2) is 72.1 Å². The zero-order valence-corrected chi connectivity index (χ0v) is 18.1. The van der Waals surface area contributed by atoms with Gasteiger partial charge in [-0.05, 0) is 30.5 Å².